The Morgan fingerprint density at radius 2 is 1.85 bits per heavy atom. The van der Waals surface area contributed by atoms with E-state index in [-0.39, 0.29) is 11.8 Å². The van der Waals surface area contributed by atoms with Crippen molar-refractivity contribution in [3.8, 4) is 0 Å². The first-order valence-electron chi connectivity index (χ1n) is 4.19. The number of amides is 2. The molecule has 0 aromatic carbocycles. The number of imide groups is 1. The van der Waals surface area contributed by atoms with Crippen molar-refractivity contribution in [3.05, 3.63) is 0 Å². The van der Waals surface area contributed by atoms with Crippen LogP contribution in [-0.4, -0.2) is 34.4 Å². The van der Waals surface area contributed by atoms with Crippen molar-refractivity contribution in [2.75, 3.05) is 11.5 Å². The standard InChI is InChI=1S/C8H12N2O2S/c1-7(2)5(11)9-6(12)8(10-7)3-13-4-8/h10H,3-4H2,1-2H3,(H,9,11,12). The number of hydrogen-bond donors (Lipinski definition) is 2. The summed E-state index contributed by atoms with van der Waals surface area (Å²) < 4.78 is 0. The summed E-state index contributed by atoms with van der Waals surface area (Å²) in [5, 5.41) is 5.53. The molecule has 1 spiro atoms. The Labute approximate surface area is 80.8 Å². The summed E-state index contributed by atoms with van der Waals surface area (Å²) in [4.78, 5) is 22.8. The second kappa shape index (κ2) is 2.48. The molecule has 0 aliphatic carbocycles. The lowest BCUT2D eigenvalue weighted by molar-refractivity contribution is -0.142. The molecule has 72 valence electrons. The van der Waals surface area contributed by atoms with Gasteiger partial charge in [-0.05, 0) is 13.8 Å². The second-order valence-electron chi connectivity index (χ2n) is 4.11. The Morgan fingerprint density at radius 1 is 1.23 bits per heavy atom. The van der Waals surface area contributed by atoms with Gasteiger partial charge in [0.1, 0.15) is 5.54 Å². The summed E-state index contributed by atoms with van der Waals surface area (Å²) in [5.74, 6) is 1.11. The monoisotopic (exact) mass is 200 g/mol. The van der Waals surface area contributed by atoms with Gasteiger partial charge in [0.15, 0.2) is 0 Å². The maximum Gasteiger partial charge on any atom is 0.248 e. The highest BCUT2D eigenvalue weighted by molar-refractivity contribution is 8.01. The Kier molecular flexibility index (Phi) is 1.72. The average molecular weight is 200 g/mol. The van der Waals surface area contributed by atoms with E-state index in [9.17, 15) is 9.59 Å². The molecule has 0 bridgehead atoms. The average Bonchev–Trinajstić information content (AvgIpc) is 1.94. The van der Waals surface area contributed by atoms with E-state index in [1.54, 1.807) is 25.6 Å². The third kappa shape index (κ3) is 1.18. The van der Waals surface area contributed by atoms with Crippen LogP contribution in [0.15, 0.2) is 0 Å². The Balaban J connectivity index is 2.25. The number of piperazine rings is 1. The van der Waals surface area contributed by atoms with Crippen molar-refractivity contribution in [3.63, 3.8) is 0 Å². The zero-order valence-corrected chi connectivity index (χ0v) is 8.46. The quantitative estimate of drug-likeness (QED) is 0.517. The zero-order chi connectivity index (χ0) is 9.69. The molecule has 0 aromatic rings. The van der Waals surface area contributed by atoms with Crippen molar-refractivity contribution < 1.29 is 9.59 Å². The van der Waals surface area contributed by atoms with Crippen molar-refractivity contribution in [1.29, 1.82) is 0 Å². The number of rotatable bonds is 0. The summed E-state index contributed by atoms with van der Waals surface area (Å²) >= 11 is 1.71. The zero-order valence-electron chi connectivity index (χ0n) is 7.64. The van der Waals surface area contributed by atoms with Crippen LogP contribution in [0, 0.1) is 0 Å². The van der Waals surface area contributed by atoms with Gasteiger partial charge in [-0.25, -0.2) is 0 Å². The molecule has 5 heteroatoms. The maximum absolute atomic E-state index is 11.5. The number of hydrogen-bond acceptors (Lipinski definition) is 4. The molecule has 0 saturated carbocycles. The van der Waals surface area contributed by atoms with Crippen molar-refractivity contribution in [2.24, 2.45) is 0 Å². The fraction of sp³-hybridized carbons (Fsp3) is 0.750. The topological polar surface area (TPSA) is 58.2 Å². The van der Waals surface area contributed by atoms with Crippen LogP contribution in [0.25, 0.3) is 0 Å². The van der Waals surface area contributed by atoms with Gasteiger partial charge in [0.25, 0.3) is 0 Å². The lowest BCUT2D eigenvalue weighted by atomic mass is 9.90. The van der Waals surface area contributed by atoms with Crippen molar-refractivity contribution in [2.45, 2.75) is 24.9 Å². The SMILES string of the molecule is CC1(C)NC2(CSC2)C(=O)NC1=O. The van der Waals surface area contributed by atoms with Gasteiger partial charge in [-0.15, -0.1) is 0 Å². The molecule has 0 aromatic heterocycles. The molecule has 2 saturated heterocycles. The smallest absolute Gasteiger partial charge is 0.248 e. The predicted octanol–water partition coefficient (Wildman–Crippen LogP) is -0.503. The molecule has 13 heavy (non-hydrogen) atoms. The van der Waals surface area contributed by atoms with Gasteiger partial charge < -0.3 is 0 Å². The molecular weight excluding hydrogens is 188 g/mol. The van der Waals surface area contributed by atoms with Crippen molar-refractivity contribution >= 4 is 23.6 Å². The number of thioether (sulfide) groups is 1. The number of carbonyl (C=O) groups is 2. The normalized spacial score (nSPS) is 29.7. The molecule has 2 fully saturated rings. The highest BCUT2D eigenvalue weighted by Gasteiger charge is 2.53. The minimum atomic E-state index is -0.630. The first kappa shape index (κ1) is 9.02. The highest BCUT2D eigenvalue weighted by Crippen LogP contribution is 2.33. The summed E-state index contributed by atoms with van der Waals surface area (Å²) in [7, 11) is 0. The molecule has 2 aliphatic rings. The maximum atomic E-state index is 11.5. The fourth-order valence-corrected chi connectivity index (χ4v) is 2.62. The van der Waals surface area contributed by atoms with Gasteiger partial charge in [-0.2, -0.15) is 11.8 Å². The van der Waals surface area contributed by atoms with Crippen LogP contribution < -0.4 is 10.6 Å². The largest absolute Gasteiger partial charge is 0.293 e. The molecule has 2 aliphatic heterocycles. The van der Waals surface area contributed by atoms with Crippen LogP contribution in [0.1, 0.15) is 13.8 Å². The first-order chi connectivity index (χ1) is 5.96. The van der Waals surface area contributed by atoms with Gasteiger partial charge in [0.2, 0.25) is 11.8 Å². The molecule has 2 rings (SSSR count). The molecule has 2 heterocycles. The van der Waals surface area contributed by atoms with Crippen molar-refractivity contribution in [1.82, 2.24) is 10.6 Å². The Hall–Kier alpha value is -0.550. The lowest BCUT2D eigenvalue weighted by Gasteiger charge is -2.48. The van der Waals surface area contributed by atoms with E-state index in [0.29, 0.717) is 0 Å². The van der Waals surface area contributed by atoms with Gasteiger partial charge in [0.05, 0.1) is 5.54 Å². The molecular formula is C8H12N2O2S. The van der Waals surface area contributed by atoms with Crippen LogP contribution in [-0.2, 0) is 9.59 Å². The third-order valence-corrected chi connectivity index (χ3v) is 3.87. The number of carbonyl (C=O) groups excluding carboxylic acids is 2. The third-order valence-electron chi connectivity index (χ3n) is 2.48. The summed E-state index contributed by atoms with van der Waals surface area (Å²) in [5.41, 5.74) is -1.11. The minimum absolute atomic E-state index is 0.171. The van der Waals surface area contributed by atoms with Gasteiger partial charge in [-0.3, -0.25) is 20.2 Å². The fourth-order valence-electron chi connectivity index (χ4n) is 1.60. The molecule has 0 unspecified atom stereocenters. The van der Waals surface area contributed by atoms with E-state index in [2.05, 4.69) is 10.6 Å². The van der Waals surface area contributed by atoms with Gasteiger partial charge in [0, 0.05) is 11.5 Å². The summed E-state index contributed by atoms with van der Waals surface area (Å²) in [6, 6.07) is 0. The summed E-state index contributed by atoms with van der Waals surface area (Å²) in [6.07, 6.45) is 0. The van der Waals surface area contributed by atoms with E-state index in [1.165, 1.54) is 0 Å². The Morgan fingerprint density at radius 3 is 2.31 bits per heavy atom. The van der Waals surface area contributed by atoms with E-state index in [1.807, 2.05) is 0 Å². The van der Waals surface area contributed by atoms with Crippen LogP contribution in [0.3, 0.4) is 0 Å². The van der Waals surface area contributed by atoms with E-state index in [0.717, 1.165) is 11.5 Å². The van der Waals surface area contributed by atoms with E-state index >= 15 is 0 Å². The predicted molar refractivity (Wildman–Crippen MR) is 50.4 cm³/mol. The van der Waals surface area contributed by atoms with Gasteiger partial charge >= 0.3 is 0 Å². The van der Waals surface area contributed by atoms with Crippen LogP contribution >= 0.6 is 11.8 Å². The molecule has 0 radical (unpaired) electrons. The molecule has 0 atom stereocenters. The first-order valence-corrected chi connectivity index (χ1v) is 5.35. The minimum Gasteiger partial charge on any atom is -0.293 e. The van der Waals surface area contributed by atoms with Gasteiger partial charge in [-0.1, -0.05) is 0 Å². The van der Waals surface area contributed by atoms with Crippen LogP contribution in [0.2, 0.25) is 0 Å². The van der Waals surface area contributed by atoms with E-state index in [4.69, 9.17) is 0 Å². The van der Waals surface area contributed by atoms with E-state index < -0.39 is 11.1 Å². The summed E-state index contributed by atoms with van der Waals surface area (Å²) in [6.45, 7) is 3.58. The molecule has 2 amide bonds. The highest BCUT2D eigenvalue weighted by atomic mass is 32.2. The second-order valence-corrected chi connectivity index (χ2v) is 5.09. The lowest BCUT2D eigenvalue weighted by Crippen LogP contribution is -2.78. The number of nitrogens with one attached hydrogen (secondary N) is 2. The van der Waals surface area contributed by atoms with Crippen LogP contribution in [0.5, 0.6) is 0 Å². The van der Waals surface area contributed by atoms with Crippen LogP contribution in [0.4, 0.5) is 0 Å². The molecule has 4 nitrogen and oxygen atoms in total. The molecule has 2 N–H and O–H groups in total. The Bertz CT molecular complexity index is 284.